The highest BCUT2D eigenvalue weighted by Gasteiger charge is 2.05. The molecular formula is C25H23N5O2. The van der Waals surface area contributed by atoms with Gasteiger partial charge in [-0.15, -0.1) is 0 Å². The minimum Gasteiger partial charge on any atom is -0.465 e. The fraction of sp³-hybridized carbons (Fsp3) is 0.0800. The predicted molar refractivity (Wildman–Crippen MR) is 127 cm³/mol. The lowest BCUT2D eigenvalue weighted by molar-refractivity contribution is -0.111. The summed E-state index contributed by atoms with van der Waals surface area (Å²) in [5, 5.41) is 9.31. The second kappa shape index (κ2) is 9.61. The van der Waals surface area contributed by atoms with E-state index in [0.717, 1.165) is 17.1 Å². The minimum absolute atomic E-state index is 0.240. The van der Waals surface area contributed by atoms with E-state index in [1.54, 1.807) is 24.5 Å². The van der Waals surface area contributed by atoms with E-state index in [1.807, 2.05) is 61.5 Å². The maximum atomic E-state index is 12.0. The van der Waals surface area contributed by atoms with E-state index < -0.39 is 0 Å². The number of hydrogen-bond donors (Lipinski definition) is 3. The first-order valence-electron chi connectivity index (χ1n) is 10.1. The van der Waals surface area contributed by atoms with Crippen molar-refractivity contribution in [1.82, 2.24) is 9.97 Å². The second-order valence-electron chi connectivity index (χ2n) is 7.25. The van der Waals surface area contributed by atoms with Crippen LogP contribution < -0.4 is 16.0 Å². The Balaban J connectivity index is 1.39. The smallest absolute Gasteiger partial charge is 0.248 e. The Morgan fingerprint density at radius 2 is 1.56 bits per heavy atom. The van der Waals surface area contributed by atoms with Crippen LogP contribution in [0.1, 0.15) is 17.0 Å². The van der Waals surface area contributed by atoms with Crippen LogP contribution in [-0.4, -0.2) is 15.9 Å². The molecule has 2 aromatic heterocycles. The Morgan fingerprint density at radius 1 is 0.875 bits per heavy atom. The monoisotopic (exact) mass is 425 g/mol. The van der Waals surface area contributed by atoms with Crippen molar-refractivity contribution in [3.8, 4) is 0 Å². The standard InChI is InChI=1S/C25H23N5O2/c1-17-5-7-19(8-6-17)27-23-16-18(2)26-25(30-23)29-21-11-9-20(10-12-21)28-24(31)14-13-22-4-3-15-32-22/h3-16H,1-2H3,(H,28,31)(H2,26,27,29,30)/b14-13+. The number of carbonyl (C=O) groups excluding carboxylic acids is 1. The van der Waals surface area contributed by atoms with Crippen molar-refractivity contribution in [2.45, 2.75) is 13.8 Å². The lowest BCUT2D eigenvalue weighted by Gasteiger charge is -2.11. The maximum Gasteiger partial charge on any atom is 0.248 e. The molecule has 1 amide bonds. The van der Waals surface area contributed by atoms with Crippen LogP contribution in [0.15, 0.2) is 83.5 Å². The Labute approximate surface area is 186 Å². The van der Waals surface area contributed by atoms with Gasteiger partial charge in [-0.3, -0.25) is 4.79 Å². The van der Waals surface area contributed by atoms with Gasteiger partial charge in [0.05, 0.1) is 6.26 Å². The van der Waals surface area contributed by atoms with Gasteiger partial charge >= 0.3 is 0 Å². The molecule has 0 bridgehead atoms. The number of amides is 1. The van der Waals surface area contributed by atoms with Crippen LogP contribution >= 0.6 is 0 Å². The molecule has 0 aliphatic heterocycles. The molecule has 0 aliphatic carbocycles. The first-order chi connectivity index (χ1) is 15.5. The van der Waals surface area contributed by atoms with Gasteiger partial charge in [0.15, 0.2) is 0 Å². The molecular weight excluding hydrogens is 402 g/mol. The van der Waals surface area contributed by atoms with Crippen LogP contribution in [0.2, 0.25) is 0 Å². The Morgan fingerprint density at radius 3 is 2.28 bits per heavy atom. The highest BCUT2D eigenvalue weighted by atomic mass is 16.3. The van der Waals surface area contributed by atoms with Gasteiger partial charge in [0.25, 0.3) is 0 Å². The van der Waals surface area contributed by atoms with Gasteiger partial charge in [0, 0.05) is 34.9 Å². The molecule has 2 heterocycles. The van der Waals surface area contributed by atoms with Crippen LogP contribution in [0.5, 0.6) is 0 Å². The van der Waals surface area contributed by atoms with Gasteiger partial charge in [-0.05, 0) is 68.5 Å². The lowest BCUT2D eigenvalue weighted by atomic mass is 10.2. The van der Waals surface area contributed by atoms with Crippen LogP contribution in [0.3, 0.4) is 0 Å². The average Bonchev–Trinajstić information content (AvgIpc) is 3.29. The van der Waals surface area contributed by atoms with Crippen LogP contribution in [0.25, 0.3) is 6.08 Å². The van der Waals surface area contributed by atoms with Gasteiger partial charge in [0.1, 0.15) is 11.6 Å². The molecule has 0 saturated carbocycles. The number of nitrogens with one attached hydrogen (secondary N) is 3. The number of anilines is 5. The number of rotatable bonds is 7. The van der Waals surface area contributed by atoms with E-state index in [2.05, 4.69) is 32.8 Å². The number of benzene rings is 2. The molecule has 0 radical (unpaired) electrons. The molecule has 2 aromatic carbocycles. The molecule has 0 atom stereocenters. The highest BCUT2D eigenvalue weighted by Crippen LogP contribution is 2.21. The maximum absolute atomic E-state index is 12.0. The van der Waals surface area contributed by atoms with Gasteiger partial charge in [-0.25, -0.2) is 4.98 Å². The van der Waals surface area contributed by atoms with E-state index in [-0.39, 0.29) is 5.91 Å². The number of nitrogens with zero attached hydrogens (tertiary/aromatic N) is 2. The second-order valence-corrected chi connectivity index (χ2v) is 7.25. The van der Waals surface area contributed by atoms with Crippen molar-refractivity contribution in [2.75, 3.05) is 16.0 Å². The summed E-state index contributed by atoms with van der Waals surface area (Å²) >= 11 is 0. The van der Waals surface area contributed by atoms with Crippen LogP contribution in [0.4, 0.5) is 28.8 Å². The van der Waals surface area contributed by atoms with E-state index in [4.69, 9.17) is 4.42 Å². The molecule has 0 fully saturated rings. The predicted octanol–water partition coefficient (Wildman–Crippen LogP) is 5.83. The molecule has 4 aromatic rings. The topological polar surface area (TPSA) is 92.1 Å². The summed E-state index contributed by atoms with van der Waals surface area (Å²) in [7, 11) is 0. The number of aryl methyl sites for hydroxylation is 2. The fourth-order valence-corrected chi connectivity index (χ4v) is 2.97. The van der Waals surface area contributed by atoms with Crippen LogP contribution in [-0.2, 0) is 4.79 Å². The summed E-state index contributed by atoms with van der Waals surface area (Å²) in [6.45, 7) is 3.97. The molecule has 0 saturated heterocycles. The zero-order valence-corrected chi connectivity index (χ0v) is 17.8. The summed E-state index contributed by atoms with van der Waals surface area (Å²) in [6.07, 6.45) is 4.60. The van der Waals surface area contributed by atoms with E-state index in [0.29, 0.717) is 23.2 Å². The molecule has 3 N–H and O–H groups in total. The van der Waals surface area contributed by atoms with E-state index in [1.165, 1.54) is 11.6 Å². The summed E-state index contributed by atoms with van der Waals surface area (Å²) in [6, 6.07) is 20.9. The molecule has 7 heteroatoms. The van der Waals surface area contributed by atoms with Crippen molar-refractivity contribution < 1.29 is 9.21 Å². The first-order valence-corrected chi connectivity index (χ1v) is 10.1. The average molecular weight is 425 g/mol. The largest absolute Gasteiger partial charge is 0.465 e. The zero-order valence-electron chi connectivity index (χ0n) is 17.8. The van der Waals surface area contributed by atoms with Crippen molar-refractivity contribution >= 4 is 40.8 Å². The van der Waals surface area contributed by atoms with Crippen molar-refractivity contribution in [3.05, 3.63) is 96.1 Å². The van der Waals surface area contributed by atoms with Gasteiger partial charge in [-0.2, -0.15) is 4.98 Å². The Kier molecular flexibility index (Phi) is 6.27. The first kappa shape index (κ1) is 20.9. The minimum atomic E-state index is -0.240. The summed E-state index contributed by atoms with van der Waals surface area (Å²) in [5.41, 5.74) is 4.48. The number of carbonyl (C=O) groups is 1. The molecule has 160 valence electrons. The zero-order chi connectivity index (χ0) is 22.3. The van der Waals surface area contributed by atoms with Crippen LogP contribution in [0, 0.1) is 13.8 Å². The third kappa shape index (κ3) is 5.82. The molecule has 0 aliphatic rings. The normalized spacial score (nSPS) is 10.8. The third-order valence-electron chi connectivity index (χ3n) is 4.53. The third-order valence-corrected chi connectivity index (χ3v) is 4.53. The number of hydrogen-bond acceptors (Lipinski definition) is 6. The summed E-state index contributed by atoms with van der Waals surface area (Å²) in [5.74, 6) is 1.57. The lowest BCUT2D eigenvalue weighted by Crippen LogP contribution is -2.07. The molecule has 7 nitrogen and oxygen atoms in total. The van der Waals surface area contributed by atoms with Gasteiger partial charge in [-0.1, -0.05) is 17.7 Å². The number of aromatic nitrogens is 2. The van der Waals surface area contributed by atoms with Crippen molar-refractivity contribution in [3.63, 3.8) is 0 Å². The van der Waals surface area contributed by atoms with Gasteiger partial charge < -0.3 is 20.4 Å². The van der Waals surface area contributed by atoms with Gasteiger partial charge in [0.2, 0.25) is 11.9 Å². The Bertz CT molecular complexity index is 1210. The summed E-state index contributed by atoms with van der Waals surface area (Å²) in [4.78, 5) is 21.0. The molecule has 0 unspecified atom stereocenters. The van der Waals surface area contributed by atoms with E-state index in [9.17, 15) is 4.79 Å². The molecule has 4 rings (SSSR count). The van der Waals surface area contributed by atoms with Crippen molar-refractivity contribution in [2.24, 2.45) is 0 Å². The SMILES string of the molecule is Cc1ccc(Nc2cc(C)nc(Nc3ccc(NC(=O)/C=C/c4ccco4)cc3)n2)cc1. The number of furan rings is 1. The summed E-state index contributed by atoms with van der Waals surface area (Å²) < 4.78 is 5.17. The van der Waals surface area contributed by atoms with Crippen molar-refractivity contribution in [1.29, 1.82) is 0 Å². The molecule has 0 spiro atoms. The van der Waals surface area contributed by atoms with E-state index >= 15 is 0 Å². The highest BCUT2D eigenvalue weighted by molar-refractivity contribution is 6.01. The quantitative estimate of drug-likeness (QED) is 0.323. The fourth-order valence-electron chi connectivity index (χ4n) is 2.97. The molecule has 32 heavy (non-hydrogen) atoms. The Hall–Kier alpha value is -4.39.